The largest absolute Gasteiger partial charge is 0.465 e. The van der Waals surface area contributed by atoms with E-state index in [0.717, 1.165) is 38.8 Å². The number of esters is 1. The molecule has 0 bridgehead atoms. The minimum Gasteiger partial charge on any atom is -0.465 e. The molecule has 0 aromatic heterocycles. The molecule has 126 valence electrons. The van der Waals surface area contributed by atoms with Gasteiger partial charge in [-0.25, -0.2) is 4.79 Å². The first-order valence-electron chi connectivity index (χ1n) is 8.15. The molecule has 0 aliphatic carbocycles. The maximum atomic E-state index is 12.8. The summed E-state index contributed by atoms with van der Waals surface area (Å²) < 4.78 is 9.79. The average Bonchev–Trinajstić information content (AvgIpc) is 2.61. The lowest BCUT2D eigenvalue weighted by Gasteiger charge is -2.36. The zero-order chi connectivity index (χ0) is 16.7. The van der Waals surface area contributed by atoms with Crippen molar-refractivity contribution in [2.45, 2.75) is 38.1 Å². The molecule has 1 aliphatic rings. The number of carbonyl (C=O) groups is 2. The van der Waals surface area contributed by atoms with Crippen LogP contribution in [0, 0.1) is 0 Å². The van der Waals surface area contributed by atoms with Crippen molar-refractivity contribution in [3.05, 3.63) is 35.4 Å². The molecule has 1 amide bonds. The lowest BCUT2D eigenvalue weighted by molar-refractivity contribution is 0.0578. The molecule has 1 atom stereocenters. The highest BCUT2D eigenvalue weighted by molar-refractivity contribution is 5.96. The fraction of sp³-hybridized carbons (Fsp3) is 0.556. The third-order valence-electron chi connectivity index (χ3n) is 4.33. The van der Waals surface area contributed by atoms with Crippen molar-refractivity contribution in [2.24, 2.45) is 0 Å². The summed E-state index contributed by atoms with van der Waals surface area (Å²) in [4.78, 5) is 26.2. The fourth-order valence-electron chi connectivity index (χ4n) is 3.06. The van der Waals surface area contributed by atoms with E-state index in [9.17, 15) is 9.59 Å². The predicted molar refractivity (Wildman–Crippen MR) is 87.6 cm³/mol. The van der Waals surface area contributed by atoms with Crippen LogP contribution in [-0.4, -0.2) is 50.2 Å². The van der Waals surface area contributed by atoms with Crippen LogP contribution in [-0.2, 0) is 9.47 Å². The number of benzene rings is 1. The molecule has 1 unspecified atom stereocenters. The van der Waals surface area contributed by atoms with Crippen molar-refractivity contribution in [1.29, 1.82) is 0 Å². The van der Waals surface area contributed by atoms with Gasteiger partial charge in [-0.1, -0.05) is 0 Å². The van der Waals surface area contributed by atoms with Gasteiger partial charge in [-0.2, -0.15) is 0 Å². The van der Waals surface area contributed by atoms with Crippen LogP contribution < -0.4 is 0 Å². The second-order valence-corrected chi connectivity index (χ2v) is 5.85. The molecule has 23 heavy (non-hydrogen) atoms. The van der Waals surface area contributed by atoms with Gasteiger partial charge in [0.2, 0.25) is 0 Å². The zero-order valence-corrected chi connectivity index (χ0v) is 13.9. The van der Waals surface area contributed by atoms with E-state index < -0.39 is 0 Å². The van der Waals surface area contributed by atoms with E-state index in [1.165, 1.54) is 13.5 Å². The normalized spacial score (nSPS) is 17.8. The van der Waals surface area contributed by atoms with Gasteiger partial charge in [0.15, 0.2) is 0 Å². The van der Waals surface area contributed by atoms with Gasteiger partial charge in [0.05, 0.1) is 12.7 Å². The van der Waals surface area contributed by atoms with Gasteiger partial charge in [-0.3, -0.25) is 4.79 Å². The van der Waals surface area contributed by atoms with Crippen LogP contribution in [0.1, 0.15) is 52.8 Å². The molecule has 1 saturated heterocycles. The molecule has 1 fully saturated rings. The van der Waals surface area contributed by atoms with E-state index >= 15 is 0 Å². The summed E-state index contributed by atoms with van der Waals surface area (Å²) in [6.45, 7) is 1.53. The van der Waals surface area contributed by atoms with Crippen molar-refractivity contribution in [1.82, 2.24) is 4.90 Å². The fourth-order valence-corrected chi connectivity index (χ4v) is 3.06. The molecule has 0 spiro atoms. The summed E-state index contributed by atoms with van der Waals surface area (Å²) in [5.74, 6) is -0.344. The van der Waals surface area contributed by atoms with Crippen LogP contribution in [0.25, 0.3) is 0 Å². The van der Waals surface area contributed by atoms with Crippen LogP contribution in [0.15, 0.2) is 24.3 Å². The molecule has 0 N–H and O–H groups in total. The molecular weight excluding hydrogens is 294 g/mol. The smallest absolute Gasteiger partial charge is 0.337 e. The topological polar surface area (TPSA) is 55.8 Å². The van der Waals surface area contributed by atoms with Crippen LogP contribution in [0.3, 0.4) is 0 Å². The summed E-state index contributed by atoms with van der Waals surface area (Å²) in [7, 11) is 3.05. The Morgan fingerprint density at radius 1 is 1.13 bits per heavy atom. The first-order valence-corrected chi connectivity index (χ1v) is 8.15. The van der Waals surface area contributed by atoms with E-state index in [2.05, 4.69) is 4.74 Å². The van der Waals surface area contributed by atoms with Crippen LogP contribution in [0.4, 0.5) is 0 Å². The third-order valence-corrected chi connectivity index (χ3v) is 4.33. The van der Waals surface area contributed by atoms with Crippen molar-refractivity contribution >= 4 is 11.9 Å². The third kappa shape index (κ3) is 4.55. The Morgan fingerprint density at radius 2 is 1.83 bits per heavy atom. The van der Waals surface area contributed by atoms with Gasteiger partial charge < -0.3 is 14.4 Å². The van der Waals surface area contributed by atoms with Crippen molar-refractivity contribution < 1.29 is 19.1 Å². The summed E-state index contributed by atoms with van der Waals surface area (Å²) in [5, 5.41) is 0. The van der Waals surface area contributed by atoms with Gasteiger partial charge in [0.1, 0.15) is 0 Å². The van der Waals surface area contributed by atoms with Gasteiger partial charge >= 0.3 is 5.97 Å². The van der Waals surface area contributed by atoms with E-state index in [4.69, 9.17) is 4.74 Å². The molecule has 1 aliphatic heterocycles. The van der Waals surface area contributed by atoms with E-state index in [-0.39, 0.29) is 17.9 Å². The second kappa shape index (κ2) is 8.67. The number of carbonyl (C=O) groups excluding carboxylic acids is 2. The SMILES string of the molecule is COCCCC1CCCCN1C(=O)c1ccc(C(=O)OC)cc1. The van der Waals surface area contributed by atoms with Gasteiger partial charge in [0, 0.05) is 31.9 Å². The number of hydrogen-bond acceptors (Lipinski definition) is 4. The number of rotatable bonds is 6. The highest BCUT2D eigenvalue weighted by Crippen LogP contribution is 2.23. The predicted octanol–water partition coefficient (Wildman–Crippen LogP) is 2.89. The van der Waals surface area contributed by atoms with Gasteiger partial charge in [0.25, 0.3) is 5.91 Å². The number of methoxy groups -OCH3 is 2. The second-order valence-electron chi connectivity index (χ2n) is 5.85. The van der Waals surface area contributed by atoms with Gasteiger partial charge in [-0.15, -0.1) is 0 Å². The number of ether oxygens (including phenoxy) is 2. The summed E-state index contributed by atoms with van der Waals surface area (Å²) in [5.41, 5.74) is 1.08. The Balaban J connectivity index is 2.05. The van der Waals surface area contributed by atoms with Crippen LogP contribution >= 0.6 is 0 Å². The summed E-state index contributed by atoms with van der Waals surface area (Å²) in [6, 6.07) is 6.98. The maximum Gasteiger partial charge on any atom is 0.337 e. The summed E-state index contributed by atoms with van der Waals surface area (Å²) in [6.07, 6.45) is 5.21. The molecule has 0 radical (unpaired) electrons. The number of likely N-dealkylation sites (tertiary alicyclic amines) is 1. The van der Waals surface area contributed by atoms with E-state index in [1.807, 2.05) is 4.90 Å². The number of nitrogens with zero attached hydrogens (tertiary/aromatic N) is 1. The van der Waals surface area contributed by atoms with Crippen molar-refractivity contribution in [2.75, 3.05) is 27.4 Å². The number of amides is 1. The molecule has 5 heteroatoms. The Morgan fingerprint density at radius 3 is 2.48 bits per heavy atom. The first-order chi connectivity index (χ1) is 11.2. The van der Waals surface area contributed by atoms with Crippen LogP contribution in [0.5, 0.6) is 0 Å². The monoisotopic (exact) mass is 319 g/mol. The molecule has 1 aromatic carbocycles. The van der Waals surface area contributed by atoms with Gasteiger partial charge in [-0.05, 0) is 56.4 Å². The Hall–Kier alpha value is -1.88. The Bertz CT molecular complexity index is 526. The Labute approximate surface area is 137 Å². The van der Waals surface area contributed by atoms with E-state index in [0.29, 0.717) is 11.1 Å². The molecule has 1 heterocycles. The van der Waals surface area contributed by atoms with Crippen molar-refractivity contribution in [3.63, 3.8) is 0 Å². The minimum absolute atomic E-state index is 0.0449. The first kappa shape index (κ1) is 17.5. The highest BCUT2D eigenvalue weighted by Gasteiger charge is 2.27. The Kier molecular flexibility index (Phi) is 6.59. The molecule has 1 aromatic rings. The average molecular weight is 319 g/mol. The number of piperidine rings is 1. The molecule has 0 saturated carbocycles. The standard InChI is InChI=1S/C18H25NO4/c1-22-13-5-7-16-6-3-4-12-19(16)17(20)14-8-10-15(11-9-14)18(21)23-2/h8-11,16H,3-7,12-13H2,1-2H3. The maximum absolute atomic E-state index is 12.8. The van der Waals surface area contributed by atoms with Crippen LogP contribution in [0.2, 0.25) is 0 Å². The quantitative estimate of drug-likeness (QED) is 0.597. The summed E-state index contributed by atoms with van der Waals surface area (Å²) >= 11 is 0. The molecule has 5 nitrogen and oxygen atoms in total. The molecular formula is C18H25NO4. The van der Waals surface area contributed by atoms with Crippen molar-refractivity contribution in [3.8, 4) is 0 Å². The minimum atomic E-state index is -0.389. The highest BCUT2D eigenvalue weighted by atomic mass is 16.5. The lowest BCUT2D eigenvalue weighted by atomic mass is 9.97. The lowest BCUT2D eigenvalue weighted by Crippen LogP contribution is -2.43. The zero-order valence-electron chi connectivity index (χ0n) is 13.9. The number of hydrogen-bond donors (Lipinski definition) is 0. The van der Waals surface area contributed by atoms with E-state index in [1.54, 1.807) is 31.4 Å². The molecule has 2 rings (SSSR count).